The van der Waals surface area contributed by atoms with Gasteiger partial charge in [0.1, 0.15) is 23.8 Å². The number of aryl methyl sites for hydroxylation is 3. The molecule has 2 aliphatic rings. The number of alkyl halides is 3. The van der Waals surface area contributed by atoms with Gasteiger partial charge in [-0.15, -0.1) is 10.2 Å². The average molecular weight is 458 g/mol. The van der Waals surface area contributed by atoms with Crippen LogP contribution >= 0.6 is 0 Å². The molecule has 5 rings (SSSR count). The molecule has 0 aliphatic carbocycles. The lowest BCUT2D eigenvalue weighted by molar-refractivity contribution is -0.138. The van der Waals surface area contributed by atoms with E-state index in [0.717, 1.165) is 17.5 Å². The quantitative estimate of drug-likeness (QED) is 0.612. The molecule has 3 aromatic rings. The number of nitrogens with one attached hydrogen (secondary N) is 1. The van der Waals surface area contributed by atoms with Gasteiger partial charge in [-0.2, -0.15) is 13.2 Å². The fourth-order valence-electron chi connectivity index (χ4n) is 4.03. The lowest BCUT2D eigenvalue weighted by Crippen LogP contribution is -2.40. The van der Waals surface area contributed by atoms with Crippen LogP contribution in [0.5, 0.6) is 0 Å². The topological polar surface area (TPSA) is 85.2 Å². The van der Waals surface area contributed by atoms with E-state index in [9.17, 15) is 18.0 Å². The van der Waals surface area contributed by atoms with Gasteiger partial charge in [0.25, 0.3) is 5.91 Å². The number of benzene rings is 1. The van der Waals surface area contributed by atoms with Gasteiger partial charge in [0.15, 0.2) is 0 Å². The van der Waals surface area contributed by atoms with Crippen LogP contribution in [0, 0.1) is 0 Å². The molecule has 0 atom stereocenters. The Kier molecular flexibility index (Phi) is 5.28. The molecule has 0 radical (unpaired) electrons. The Bertz CT molecular complexity index is 1210. The molecule has 33 heavy (non-hydrogen) atoms. The standard InChI is InChI=1S/C22H21F3N6O2/c1-30-12-26-29-19(30)6-5-13-7-18(27-14-10-33-11-14)28-20(8-13)31-9-16-15(21(31)32)3-2-4-17(16)22(23,24)25/h2-4,7-8,12,14H,5-6,9-11H2,1H3,(H,27,28). The SMILES string of the molecule is Cn1cnnc1CCc1cc(NC2COC2)nc(N2Cc3c(cccc3C(F)(F)F)C2=O)c1. The maximum absolute atomic E-state index is 13.5. The zero-order chi connectivity index (χ0) is 23.2. The molecule has 2 aromatic heterocycles. The number of rotatable bonds is 6. The van der Waals surface area contributed by atoms with Gasteiger partial charge >= 0.3 is 6.18 Å². The number of hydrogen-bond acceptors (Lipinski definition) is 6. The van der Waals surface area contributed by atoms with Gasteiger partial charge in [0.05, 0.1) is 31.4 Å². The number of nitrogens with zero attached hydrogens (tertiary/aromatic N) is 5. The second-order valence-electron chi connectivity index (χ2n) is 8.18. The number of fused-ring (bicyclic) bond motifs is 1. The Morgan fingerprint density at radius 1 is 1.21 bits per heavy atom. The summed E-state index contributed by atoms with van der Waals surface area (Å²) in [5, 5.41) is 11.2. The van der Waals surface area contributed by atoms with Crippen molar-refractivity contribution in [3.63, 3.8) is 0 Å². The van der Waals surface area contributed by atoms with Gasteiger partial charge in [-0.1, -0.05) is 6.07 Å². The predicted octanol–water partition coefficient (Wildman–Crippen LogP) is 2.99. The van der Waals surface area contributed by atoms with Gasteiger partial charge in [-0.05, 0) is 41.8 Å². The zero-order valence-corrected chi connectivity index (χ0v) is 17.8. The second-order valence-corrected chi connectivity index (χ2v) is 8.18. The highest BCUT2D eigenvalue weighted by molar-refractivity contribution is 6.10. The van der Waals surface area contributed by atoms with Crippen LogP contribution in [0.25, 0.3) is 0 Å². The smallest absolute Gasteiger partial charge is 0.377 e. The molecular weight excluding hydrogens is 437 g/mol. The number of anilines is 2. The fraction of sp³-hybridized carbons (Fsp3) is 0.364. The lowest BCUT2D eigenvalue weighted by atomic mass is 10.0. The molecule has 1 amide bonds. The largest absolute Gasteiger partial charge is 0.416 e. The van der Waals surface area contributed by atoms with E-state index in [4.69, 9.17) is 4.74 Å². The summed E-state index contributed by atoms with van der Waals surface area (Å²) in [5.41, 5.74) is 0.117. The Balaban J connectivity index is 1.46. The van der Waals surface area contributed by atoms with Crippen molar-refractivity contribution in [1.82, 2.24) is 19.7 Å². The number of ether oxygens (including phenoxy) is 1. The van der Waals surface area contributed by atoms with Gasteiger partial charge < -0.3 is 14.6 Å². The first kappa shape index (κ1) is 21.4. The predicted molar refractivity (Wildman–Crippen MR) is 113 cm³/mol. The van der Waals surface area contributed by atoms with E-state index in [0.29, 0.717) is 37.7 Å². The molecule has 2 aliphatic heterocycles. The van der Waals surface area contributed by atoms with Crippen LogP contribution < -0.4 is 10.2 Å². The maximum Gasteiger partial charge on any atom is 0.416 e. The van der Waals surface area contributed by atoms with Crippen molar-refractivity contribution in [3.8, 4) is 0 Å². The van der Waals surface area contributed by atoms with E-state index in [1.54, 1.807) is 12.4 Å². The first-order valence-corrected chi connectivity index (χ1v) is 10.5. The monoisotopic (exact) mass is 458 g/mol. The van der Waals surface area contributed by atoms with Crippen LogP contribution in [-0.2, 0) is 37.3 Å². The summed E-state index contributed by atoms with van der Waals surface area (Å²) in [6.45, 7) is 0.905. The number of hydrogen-bond donors (Lipinski definition) is 1. The Morgan fingerprint density at radius 3 is 2.70 bits per heavy atom. The minimum Gasteiger partial charge on any atom is -0.377 e. The van der Waals surface area contributed by atoms with Crippen molar-refractivity contribution in [1.29, 1.82) is 0 Å². The zero-order valence-electron chi connectivity index (χ0n) is 17.8. The molecule has 0 spiro atoms. The average Bonchev–Trinajstić information content (AvgIpc) is 3.31. The third-order valence-electron chi connectivity index (χ3n) is 5.85. The number of halogens is 3. The molecule has 0 saturated carbocycles. The van der Waals surface area contributed by atoms with Gasteiger partial charge in [0, 0.05) is 19.0 Å². The minimum absolute atomic E-state index is 0.0248. The van der Waals surface area contributed by atoms with E-state index in [1.165, 1.54) is 17.0 Å². The summed E-state index contributed by atoms with van der Waals surface area (Å²) in [7, 11) is 1.86. The molecular formula is C22H21F3N6O2. The minimum atomic E-state index is -4.54. The Labute approximate surface area is 187 Å². The number of pyridine rings is 1. The summed E-state index contributed by atoms with van der Waals surface area (Å²) in [6.07, 6.45) is -1.71. The third-order valence-corrected chi connectivity index (χ3v) is 5.85. The molecule has 11 heteroatoms. The fourth-order valence-corrected chi connectivity index (χ4v) is 4.03. The highest BCUT2D eigenvalue weighted by Crippen LogP contribution is 2.38. The van der Waals surface area contributed by atoms with Crippen LogP contribution in [0.15, 0.2) is 36.7 Å². The van der Waals surface area contributed by atoms with Crippen LogP contribution in [0.3, 0.4) is 0 Å². The van der Waals surface area contributed by atoms with Crippen molar-refractivity contribution in [2.45, 2.75) is 31.6 Å². The van der Waals surface area contributed by atoms with E-state index < -0.39 is 17.6 Å². The highest BCUT2D eigenvalue weighted by atomic mass is 19.4. The number of carbonyl (C=O) groups excluding carboxylic acids is 1. The molecule has 1 N–H and O–H groups in total. The van der Waals surface area contributed by atoms with Crippen molar-refractivity contribution in [2.24, 2.45) is 7.05 Å². The molecule has 1 saturated heterocycles. The summed E-state index contributed by atoms with van der Waals surface area (Å²) in [5.74, 6) is 1.16. The molecule has 0 bridgehead atoms. The van der Waals surface area contributed by atoms with Crippen LogP contribution in [0.1, 0.15) is 32.9 Å². The van der Waals surface area contributed by atoms with Crippen LogP contribution in [-0.4, -0.2) is 44.9 Å². The Hall–Kier alpha value is -3.47. The molecule has 4 heterocycles. The Morgan fingerprint density at radius 2 is 2.03 bits per heavy atom. The number of carbonyl (C=O) groups is 1. The lowest BCUT2D eigenvalue weighted by Gasteiger charge is -2.28. The normalized spacial score (nSPS) is 16.1. The molecule has 8 nitrogen and oxygen atoms in total. The third kappa shape index (κ3) is 4.15. The van der Waals surface area contributed by atoms with Gasteiger partial charge in [-0.3, -0.25) is 9.69 Å². The summed E-state index contributed by atoms with van der Waals surface area (Å²) in [6, 6.07) is 7.42. The van der Waals surface area contributed by atoms with E-state index in [2.05, 4.69) is 20.5 Å². The van der Waals surface area contributed by atoms with Crippen molar-refractivity contribution < 1.29 is 22.7 Å². The second kappa shape index (κ2) is 8.14. The molecule has 0 unspecified atom stereocenters. The number of amides is 1. The molecule has 1 aromatic carbocycles. The summed E-state index contributed by atoms with van der Waals surface area (Å²) >= 11 is 0. The number of aromatic nitrogens is 4. The molecule has 172 valence electrons. The van der Waals surface area contributed by atoms with Crippen molar-refractivity contribution >= 4 is 17.5 Å². The first-order chi connectivity index (χ1) is 15.8. The highest BCUT2D eigenvalue weighted by Gasteiger charge is 2.40. The van der Waals surface area contributed by atoms with E-state index in [1.807, 2.05) is 17.7 Å². The van der Waals surface area contributed by atoms with Gasteiger partial charge in [0.2, 0.25) is 0 Å². The summed E-state index contributed by atoms with van der Waals surface area (Å²) < 4.78 is 47.5. The van der Waals surface area contributed by atoms with Crippen LogP contribution in [0.2, 0.25) is 0 Å². The van der Waals surface area contributed by atoms with Crippen molar-refractivity contribution in [3.05, 3.63) is 64.7 Å². The molecule has 1 fully saturated rings. The van der Waals surface area contributed by atoms with Crippen LogP contribution in [0.4, 0.5) is 24.8 Å². The summed E-state index contributed by atoms with van der Waals surface area (Å²) in [4.78, 5) is 18.9. The van der Waals surface area contributed by atoms with Gasteiger partial charge in [-0.25, -0.2) is 4.98 Å². The van der Waals surface area contributed by atoms with E-state index in [-0.39, 0.29) is 23.7 Å². The van der Waals surface area contributed by atoms with E-state index >= 15 is 0 Å². The van der Waals surface area contributed by atoms with Crippen molar-refractivity contribution in [2.75, 3.05) is 23.4 Å². The maximum atomic E-state index is 13.5. The first-order valence-electron chi connectivity index (χ1n) is 10.5.